The molecule has 2 rings (SSSR count). The van der Waals surface area contributed by atoms with E-state index in [1.165, 1.54) is 12.1 Å². The van der Waals surface area contributed by atoms with Gasteiger partial charge in [-0.05, 0) is 29.8 Å². The maximum Gasteiger partial charge on any atom is 0.238 e. The molecule has 0 unspecified atom stereocenters. The van der Waals surface area contributed by atoms with Gasteiger partial charge in [-0.2, -0.15) is 0 Å². The van der Waals surface area contributed by atoms with Crippen molar-refractivity contribution in [2.75, 3.05) is 19.0 Å². The van der Waals surface area contributed by atoms with E-state index < -0.39 is 0 Å². The molecule has 2 N–H and O–H groups in total. The molecular formula is C16H17FN2O2. The minimum Gasteiger partial charge on any atom is -0.497 e. The normalized spacial score (nSPS) is 10.2. The van der Waals surface area contributed by atoms with Crippen molar-refractivity contribution in [3.05, 3.63) is 59.9 Å². The molecule has 2 aromatic rings. The Balaban J connectivity index is 1.79. The van der Waals surface area contributed by atoms with Crippen molar-refractivity contribution in [2.45, 2.75) is 6.54 Å². The molecule has 0 saturated heterocycles. The lowest BCUT2D eigenvalue weighted by Crippen LogP contribution is -2.27. The van der Waals surface area contributed by atoms with Gasteiger partial charge >= 0.3 is 0 Å². The first kappa shape index (κ1) is 15.0. The lowest BCUT2D eigenvalue weighted by atomic mass is 10.2. The summed E-state index contributed by atoms with van der Waals surface area (Å²) < 4.78 is 18.1. The largest absolute Gasteiger partial charge is 0.497 e. The van der Waals surface area contributed by atoms with Crippen LogP contribution >= 0.6 is 0 Å². The van der Waals surface area contributed by atoms with Crippen molar-refractivity contribution in [2.24, 2.45) is 0 Å². The van der Waals surface area contributed by atoms with Crippen LogP contribution in [0.5, 0.6) is 5.75 Å². The first-order valence-electron chi connectivity index (χ1n) is 6.56. The topological polar surface area (TPSA) is 50.4 Å². The van der Waals surface area contributed by atoms with Crippen molar-refractivity contribution in [3.8, 4) is 5.75 Å². The van der Waals surface area contributed by atoms with E-state index in [0.29, 0.717) is 18.0 Å². The van der Waals surface area contributed by atoms with Crippen LogP contribution in [0.3, 0.4) is 0 Å². The smallest absolute Gasteiger partial charge is 0.238 e. The second kappa shape index (κ2) is 7.40. The standard InChI is InChI=1S/C16H17FN2O2/c1-21-15-7-3-6-14(9-15)19-16(20)11-18-10-12-4-2-5-13(17)8-12/h2-9,18H,10-11H2,1H3,(H,19,20). The van der Waals surface area contributed by atoms with Crippen LogP contribution in [0.15, 0.2) is 48.5 Å². The summed E-state index contributed by atoms with van der Waals surface area (Å²) in [4.78, 5) is 11.8. The third-order valence-electron chi connectivity index (χ3n) is 2.86. The minimum atomic E-state index is -0.282. The molecule has 0 radical (unpaired) electrons. The van der Waals surface area contributed by atoms with Crippen molar-refractivity contribution >= 4 is 11.6 Å². The van der Waals surface area contributed by atoms with Gasteiger partial charge in [-0.3, -0.25) is 4.79 Å². The van der Waals surface area contributed by atoms with Gasteiger partial charge in [0.2, 0.25) is 5.91 Å². The zero-order valence-corrected chi connectivity index (χ0v) is 11.7. The molecule has 0 saturated carbocycles. The molecule has 5 heteroatoms. The molecule has 0 aliphatic heterocycles. The van der Waals surface area contributed by atoms with Crippen LogP contribution in [0.2, 0.25) is 0 Å². The average Bonchev–Trinajstić information content (AvgIpc) is 2.47. The quantitative estimate of drug-likeness (QED) is 0.859. The summed E-state index contributed by atoms with van der Waals surface area (Å²) in [6, 6.07) is 13.4. The number of carbonyl (C=O) groups is 1. The number of amides is 1. The Hall–Kier alpha value is -2.40. The fraction of sp³-hybridized carbons (Fsp3) is 0.188. The Bertz CT molecular complexity index is 617. The molecule has 0 fully saturated rings. The Morgan fingerprint density at radius 1 is 1.19 bits per heavy atom. The zero-order valence-electron chi connectivity index (χ0n) is 11.7. The Morgan fingerprint density at radius 3 is 2.76 bits per heavy atom. The van der Waals surface area contributed by atoms with Gasteiger partial charge in [-0.15, -0.1) is 0 Å². The number of halogens is 1. The fourth-order valence-corrected chi connectivity index (χ4v) is 1.87. The van der Waals surface area contributed by atoms with Crippen molar-refractivity contribution < 1.29 is 13.9 Å². The second-order valence-corrected chi connectivity index (χ2v) is 4.51. The number of rotatable bonds is 6. The number of methoxy groups -OCH3 is 1. The third kappa shape index (κ3) is 4.89. The Kier molecular flexibility index (Phi) is 5.29. The van der Waals surface area contributed by atoms with Crippen LogP contribution < -0.4 is 15.4 Å². The van der Waals surface area contributed by atoms with Gasteiger partial charge in [0.15, 0.2) is 0 Å². The molecule has 1 amide bonds. The second-order valence-electron chi connectivity index (χ2n) is 4.51. The van der Waals surface area contributed by atoms with Crippen LogP contribution in [0.1, 0.15) is 5.56 Å². The molecule has 21 heavy (non-hydrogen) atoms. The van der Waals surface area contributed by atoms with E-state index in [9.17, 15) is 9.18 Å². The summed E-state index contributed by atoms with van der Waals surface area (Å²) in [6.07, 6.45) is 0. The van der Waals surface area contributed by atoms with Gasteiger partial charge < -0.3 is 15.4 Å². The molecule has 0 heterocycles. The first-order valence-corrected chi connectivity index (χ1v) is 6.56. The van der Waals surface area contributed by atoms with Gasteiger partial charge in [-0.25, -0.2) is 4.39 Å². The lowest BCUT2D eigenvalue weighted by molar-refractivity contribution is -0.115. The van der Waals surface area contributed by atoms with E-state index in [1.807, 2.05) is 0 Å². The number of carbonyl (C=O) groups excluding carboxylic acids is 1. The van der Waals surface area contributed by atoms with Gasteiger partial charge in [0.25, 0.3) is 0 Å². The van der Waals surface area contributed by atoms with Crippen LogP contribution in [0.25, 0.3) is 0 Å². The Morgan fingerprint density at radius 2 is 2.00 bits per heavy atom. The number of benzene rings is 2. The molecule has 0 atom stereocenters. The van der Waals surface area contributed by atoms with Crippen molar-refractivity contribution in [3.63, 3.8) is 0 Å². The van der Waals surface area contributed by atoms with Crippen LogP contribution in [-0.2, 0) is 11.3 Å². The molecule has 2 aromatic carbocycles. The molecule has 4 nitrogen and oxygen atoms in total. The van der Waals surface area contributed by atoms with Gasteiger partial charge in [0.05, 0.1) is 13.7 Å². The molecule has 0 aromatic heterocycles. The molecule has 110 valence electrons. The zero-order chi connectivity index (χ0) is 15.1. The van der Waals surface area contributed by atoms with E-state index in [2.05, 4.69) is 10.6 Å². The number of hydrogen-bond acceptors (Lipinski definition) is 3. The highest BCUT2D eigenvalue weighted by Crippen LogP contribution is 2.16. The summed E-state index contributed by atoms with van der Waals surface area (Å²) in [5, 5.41) is 5.73. The van der Waals surface area contributed by atoms with Gasteiger partial charge in [0, 0.05) is 18.3 Å². The predicted molar refractivity (Wildman–Crippen MR) is 79.7 cm³/mol. The molecule has 0 bridgehead atoms. The predicted octanol–water partition coefficient (Wildman–Crippen LogP) is 2.56. The van der Waals surface area contributed by atoms with Gasteiger partial charge in [0.1, 0.15) is 11.6 Å². The number of hydrogen-bond donors (Lipinski definition) is 2. The summed E-state index contributed by atoms with van der Waals surface area (Å²) in [5.41, 5.74) is 1.47. The van der Waals surface area contributed by atoms with Crippen molar-refractivity contribution in [1.82, 2.24) is 5.32 Å². The van der Waals surface area contributed by atoms with Crippen LogP contribution in [-0.4, -0.2) is 19.6 Å². The molecule has 0 spiro atoms. The summed E-state index contributed by atoms with van der Waals surface area (Å²) in [5.74, 6) is 0.232. The van der Waals surface area contributed by atoms with E-state index >= 15 is 0 Å². The third-order valence-corrected chi connectivity index (χ3v) is 2.86. The number of nitrogens with one attached hydrogen (secondary N) is 2. The SMILES string of the molecule is COc1cccc(NC(=O)CNCc2cccc(F)c2)c1. The van der Waals surface area contributed by atoms with Crippen molar-refractivity contribution in [1.29, 1.82) is 0 Å². The van der Waals surface area contributed by atoms with E-state index in [4.69, 9.17) is 4.74 Å². The minimum absolute atomic E-state index is 0.147. The average molecular weight is 288 g/mol. The molecule has 0 aliphatic rings. The van der Waals surface area contributed by atoms with E-state index in [-0.39, 0.29) is 18.3 Å². The monoisotopic (exact) mass is 288 g/mol. The maximum absolute atomic E-state index is 13.0. The summed E-state index contributed by atoms with van der Waals surface area (Å²) in [6.45, 7) is 0.580. The highest BCUT2D eigenvalue weighted by atomic mass is 19.1. The molecular weight excluding hydrogens is 271 g/mol. The molecule has 0 aliphatic carbocycles. The highest BCUT2D eigenvalue weighted by Gasteiger charge is 2.03. The highest BCUT2D eigenvalue weighted by molar-refractivity contribution is 5.92. The first-order chi connectivity index (χ1) is 10.2. The van der Waals surface area contributed by atoms with Crippen LogP contribution in [0.4, 0.5) is 10.1 Å². The van der Waals surface area contributed by atoms with E-state index in [0.717, 1.165) is 5.56 Å². The summed E-state index contributed by atoms with van der Waals surface area (Å²) in [7, 11) is 1.57. The van der Waals surface area contributed by atoms with Crippen LogP contribution in [0, 0.1) is 5.82 Å². The summed E-state index contributed by atoms with van der Waals surface area (Å²) >= 11 is 0. The fourth-order valence-electron chi connectivity index (χ4n) is 1.87. The van der Waals surface area contributed by atoms with Gasteiger partial charge in [-0.1, -0.05) is 18.2 Å². The Labute approximate surface area is 122 Å². The maximum atomic E-state index is 13.0. The number of ether oxygens (including phenoxy) is 1. The lowest BCUT2D eigenvalue weighted by Gasteiger charge is -2.08. The number of anilines is 1. The van der Waals surface area contributed by atoms with E-state index in [1.54, 1.807) is 43.5 Å².